The largest absolute Gasteiger partial charge is 0.494 e. The van der Waals surface area contributed by atoms with E-state index in [1.807, 2.05) is 0 Å². The number of rotatable bonds is 10. The van der Waals surface area contributed by atoms with Crippen LogP contribution in [0.5, 0.6) is 5.75 Å². The smallest absolute Gasteiger partial charge is 0.201 e. The summed E-state index contributed by atoms with van der Waals surface area (Å²) in [5.74, 6) is 0.668. The van der Waals surface area contributed by atoms with Crippen LogP contribution >= 0.6 is 0 Å². The molecule has 3 rings (SSSR count). The second-order valence-electron chi connectivity index (χ2n) is 9.54. The second-order valence-corrected chi connectivity index (χ2v) is 9.54. The maximum Gasteiger partial charge on any atom is 0.201 e. The Morgan fingerprint density at radius 3 is 2.42 bits per heavy atom. The highest BCUT2D eigenvalue weighted by Gasteiger charge is 2.29. The lowest BCUT2D eigenvalue weighted by atomic mass is 9.70. The number of halogens is 2. The predicted molar refractivity (Wildman–Crippen MR) is 126 cm³/mol. The number of ether oxygens (including phenoxy) is 1. The third-order valence-electron chi connectivity index (χ3n) is 7.48. The second kappa shape index (κ2) is 12.4. The van der Waals surface area contributed by atoms with Gasteiger partial charge in [0.25, 0.3) is 0 Å². The highest BCUT2D eigenvalue weighted by atomic mass is 19.2. The van der Waals surface area contributed by atoms with Crippen LogP contribution in [0.3, 0.4) is 0 Å². The molecule has 1 fully saturated rings. The molecule has 0 spiro atoms. The van der Waals surface area contributed by atoms with Crippen LogP contribution in [0.15, 0.2) is 30.4 Å². The van der Waals surface area contributed by atoms with Gasteiger partial charge < -0.3 is 4.74 Å². The molecule has 1 unspecified atom stereocenters. The van der Waals surface area contributed by atoms with E-state index >= 15 is 0 Å². The van der Waals surface area contributed by atoms with Crippen LogP contribution in [0.2, 0.25) is 0 Å². The number of hydrogen-bond acceptors (Lipinski definition) is 1. The molecule has 0 saturated heterocycles. The molecule has 0 heterocycles. The van der Waals surface area contributed by atoms with Crippen molar-refractivity contribution in [2.45, 2.75) is 90.4 Å². The minimum atomic E-state index is -0.878. The zero-order chi connectivity index (χ0) is 22.1. The maximum atomic E-state index is 14.4. The van der Waals surface area contributed by atoms with Gasteiger partial charge in [-0.3, -0.25) is 0 Å². The Kier molecular flexibility index (Phi) is 9.61. The molecular weight excluding hydrogens is 390 g/mol. The number of hydrogen-bond donors (Lipinski definition) is 0. The molecule has 1 nitrogen and oxygen atoms in total. The molecule has 0 aromatic heterocycles. The number of allylic oxidation sites excluding steroid dienone is 4. The maximum absolute atomic E-state index is 14.4. The molecular formula is C28H40F2O. The van der Waals surface area contributed by atoms with Crippen molar-refractivity contribution >= 4 is 5.57 Å². The molecule has 3 heteroatoms. The van der Waals surface area contributed by atoms with Crippen LogP contribution in [0, 0.1) is 29.4 Å². The minimum Gasteiger partial charge on any atom is -0.494 e. The van der Waals surface area contributed by atoms with E-state index in [0.717, 1.165) is 36.7 Å². The van der Waals surface area contributed by atoms with E-state index in [0.29, 0.717) is 11.5 Å². The first-order valence-corrected chi connectivity index (χ1v) is 12.5. The SMILES string of the molecule is CCCCCC/C=C\CC1CCC(C2CC=C(c3ccc(OC)c(F)c3F)CC2)CC1. The molecule has 1 saturated carbocycles. The molecule has 1 atom stereocenters. The van der Waals surface area contributed by atoms with E-state index in [-0.39, 0.29) is 5.75 Å². The molecule has 0 N–H and O–H groups in total. The molecule has 0 bridgehead atoms. The summed E-state index contributed by atoms with van der Waals surface area (Å²) < 4.78 is 33.4. The van der Waals surface area contributed by atoms with Crippen molar-refractivity contribution < 1.29 is 13.5 Å². The van der Waals surface area contributed by atoms with Crippen molar-refractivity contribution in [2.75, 3.05) is 7.11 Å². The standard InChI is InChI=1S/C28H40F2O/c1-3-4-5-6-7-8-9-10-21-11-13-22(14-12-21)23-15-17-24(18-16-23)25-19-20-26(31-2)28(30)27(25)29/h8-9,17,19-23H,3-7,10-16,18H2,1-2H3/b9-8-. The Morgan fingerprint density at radius 1 is 0.935 bits per heavy atom. The number of methoxy groups -OCH3 is 1. The Bertz CT molecular complexity index is 744. The Balaban J connectivity index is 1.42. The van der Waals surface area contributed by atoms with Crippen LogP contribution < -0.4 is 4.74 Å². The summed E-state index contributed by atoms with van der Waals surface area (Å²) in [6.07, 6.45) is 23.1. The van der Waals surface area contributed by atoms with E-state index < -0.39 is 11.6 Å². The van der Waals surface area contributed by atoms with Gasteiger partial charge in [0.1, 0.15) is 0 Å². The van der Waals surface area contributed by atoms with Crippen molar-refractivity contribution in [1.82, 2.24) is 0 Å². The molecule has 2 aliphatic carbocycles. The van der Waals surface area contributed by atoms with Crippen LogP contribution in [-0.2, 0) is 0 Å². The van der Waals surface area contributed by atoms with Gasteiger partial charge in [-0.2, -0.15) is 4.39 Å². The fourth-order valence-corrected chi connectivity index (χ4v) is 5.46. The third kappa shape index (κ3) is 6.67. The van der Waals surface area contributed by atoms with Crippen molar-refractivity contribution in [1.29, 1.82) is 0 Å². The summed E-state index contributed by atoms with van der Waals surface area (Å²) >= 11 is 0. The normalized spacial score (nSPS) is 24.4. The highest BCUT2D eigenvalue weighted by Crippen LogP contribution is 2.42. The Morgan fingerprint density at radius 2 is 1.74 bits per heavy atom. The molecule has 0 radical (unpaired) electrons. The van der Waals surface area contributed by atoms with Crippen LogP contribution in [-0.4, -0.2) is 7.11 Å². The van der Waals surface area contributed by atoms with Crippen LogP contribution in [0.25, 0.3) is 5.57 Å². The van der Waals surface area contributed by atoms with Crippen LogP contribution in [0.4, 0.5) is 8.78 Å². The van der Waals surface area contributed by atoms with Crippen molar-refractivity contribution in [2.24, 2.45) is 17.8 Å². The van der Waals surface area contributed by atoms with Crippen molar-refractivity contribution in [3.05, 3.63) is 47.6 Å². The van der Waals surface area contributed by atoms with Gasteiger partial charge >= 0.3 is 0 Å². The average Bonchev–Trinajstić information content (AvgIpc) is 2.81. The topological polar surface area (TPSA) is 9.23 Å². The molecule has 1 aromatic rings. The van der Waals surface area contributed by atoms with Gasteiger partial charge in [0.2, 0.25) is 5.82 Å². The van der Waals surface area contributed by atoms with E-state index in [2.05, 4.69) is 25.2 Å². The van der Waals surface area contributed by atoms with E-state index in [4.69, 9.17) is 4.74 Å². The van der Waals surface area contributed by atoms with Crippen LogP contribution in [0.1, 0.15) is 96.0 Å². The van der Waals surface area contributed by atoms with Gasteiger partial charge in [-0.15, -0.1) is 0 Å². The Hall–Kier alpha value is -1.64. The highest BCUT2D eigenvalue weighted by molar-refractivity contribution is 5.67. The van der Waals surface area contributed by atoms with Crippen molar-refractivity contribution in [3.8, 4) is 5.75 Å². The summed E-state index contributed by atoms with van der Waals surface area (Å²) in [5, 5.41) is 0. The predicted octanol–water partition coefficient (Wildman–Crippen LogP) is 8.88. The van der Waals surface area contributed by atoms with E-state index in [1.165, 1.54) is 77.4 Å². The lowest BCUT2D eigenvalue weighted by Gasteiger charge is -2.35. The minimum absolute atomic E-state index is 0.0290. The fraction of sp³-hybridized carbons (Fsp3) is 0.643. The first-order valence-electron chi connectivity index (χ1n) is 12.5. The lowest BCUT2D eigenvalue weighted by molar-refractivity contribution is 0.195. The van der Waals surface area contributed by atoms with Crippen molar-refractivity contribution in [3.63, 3.8) is 0 Å². The summed E-state index contributed by atoms with van der Waals surface area (Å²) in [4.78, 5) is 0. The average molecular weight is 431 g/mol. The molecule has 1 aromatic carbocycles. The van der Waals surface area contributed by atoms with E-state index in [9.17, 15) is 8.78 Å². The monoisotopic (exact) mass is 430 g/mol. The molecule has 172 valence electrons. The molecule has 0 aliphatic heterocycles. The van der Waals surface area contributed by atoms with Gasteiger partial charge in [-0.05, 0) is 99.7 Å². The third-order valence-corrected chi connectivity index (χ3v) is 7.48. The Labute approximate surface area is 188 Å². The summed E-state index contributed by atoms with van der Waals surface area (Å²) in [7, 11) is 1.36. The van der Waals surface area contributed by atoms with Gasteiger partial charge in [-0.1, -0.05) is 44.4 Å². The van der Waals surface area contributed by atoms with Gasteiger partial charge in [0, 0.05) is 5.56 Å². The number of benzene rings is 1. The van der Waals surface area contributed by atoms with E-state index in [1.54, 1.807) is 6.07 Å². The quantitative estimate of drug-likeness (QED) is 0.266. The zero-order valence-electron chi connectivity index (χ0n) is 19.5. The zero-order valence-corrected chi connectivity index (χ0v) is 19.5. The number of unbranched alkanes of at least 4 members (excludes halogenated alkanes) is 4. The summed E-state index contributed by atoms with van der Waals surface area (Å²) in [5.41, 5.74) is 1.36. The summed E-state index contributed by atoms with van der Waals surface area (Å²) in [6, 6.07) is 3.19. The van der Waals surface area contributed by atoms with Gasteiger partial charge in [0.05, 0.1) is 7.11 Å². The lowest BCUT2D eigenvalue weighted by Crippen LogP contribution is -2.23. The first kappa shape index (κ1) is 24.0. The van der Waals surface area contributed by atoms with Gasteiger partial charge in [0.15, 0.2) is 11.6 Å². The van der Waals surface area contributed by atoms with Gasteiger partial charge in [-0.25, -0.2) is 4.39 Å². The summed E-state index contributed by atoms with van der Waals surface area (Å²) in [6.45, 7) is 2.26. The fourth-order valence-electron chi connectivity index (χ4n) is 5.46. The molecule has 2 aliphatic rings. The molecule has 0 amide bonds. The molecule has 31 heavy (non-hydrogen) atoms. The first-order chi connectivity index (χ1) is 15.1.